The van der Waals surface area contributed by atoms with E-state index in [0.717, 1.165) is 19.6 Å². The molecule has 0 saturated carbocycles. The van der Waals surface area contributed by atoms with Gasteiger partial charge < -0.3 is 9.73 Å². The molecule has 1 aromatic carbocycles. The molecule has 1 aromatic heterocycles. The smallest absolute Gasteiger partial charge is 0.0947 e. The van der Waals surface area contributed by atoms with Gasteiger partial charge in [-0.15, -0.1) is 0 Å². The van der Waals surface area contributed by atoms with E-state index in [9.17, 15) is 0 Å². The Balaban J connectivity index is 1.88. The Bertz CT molecular complexity index is 448. The fraction of sp³-hybridized carbons (Fsp3) is 0.333. The zero-order chi connectivity index (χ0) is 12.8. The van der Waals surface area contributed by atoms with Crippen molar-refractivity contribution >= 4 is 0 Å². The lowest BCUT2D eigenvalue weighted by atomic mass is 10.1. The molecule has 2 aromatic rings. The molecule has 0 saturated heterocycles. The number of benzene rings is 1. The third kappa shape index (κ3) is 3.72. The Morgan fingerprint density at radius 3 is 2.28 bits per heavy atom. The highest BCUT2D eigenvalue weighted by Crippen LogP contribution is 2.10. The van der Waals surface area contributed by atoms with E-state index in [-0.39, 0.29) is 0 Å². The molecule has 0 unspecified atom stereocenters. The van der Waals surface area contributed by atoms with Crippen LogP contribution in [0.15, 0.2) is 47.3 Å². The lowest BCUT2D eigenvalue weighted by Gasteiger charge is -2.15. The molecule has 1 N–H and O–H groups in total. The van der Waals surface area contributed by atoms with Crippen LogP contribution in [-0.2, 0) is 19.6 Å². The van der Waals surface area contributed by atoms with Crippen molar-refractivity contribution in [1.29, 1.82) is 0 Å². The van der Waals surface area contributed by atoms with E-state index < -0.39 is 0 Å². The quantitative estimate of drug-likeness (QED) is 0.846. The molecule has 0 aliphatic rings. The van der Waals surface area contributed by atoms with Crippen LogP contribution in [0.2, 0.25) is 0 Å². The van der Waals surface area contributed by atoms with Crippen LogP contribution >= 0.6 is 0 Å². The highest BCUT2D eigenvalue weighted by molar-refractivity contribution is 5.22. The van der Waals surface area contributed by atoms with Crippen LogP contribution in [0.3, 0.4) is 0 Å². The van der Waals surface area contributed by atoms with Gasteiger partial charge in [-0.25, -0.2) is 0 Å². The maximum Gasteiger partial charge on any atom is 0.0947 e. The van der Waals surface area contributed by atoms with Gasteiger partial charge in [0.05, 0.1) is 12.5 Å². The molecular formula is C15H20N2O. The summed E-state index contributed by atoms with van der Waals surface area (Å²) in [4.78, 5) is 2.28. The molecule has 1 heterocycles. The highest BCUT2D eigenvalue weighted by atomic mass is 16.3. The van der Waals surface area contributed by atoms with Crippen molar-refractivity contribution in [2.24, 2.45) is 0 Å². The van der Waals surface area contributed by atoms with E-state index in [0.29, 0.717) is 0 Å². The third-order valence-electron chi connectivity index (χ3n) is 2.89. The molecule has 18 heavy (non-hydrogen) atoms. The van der Waals surface area contributed by atoms with Crippen molar-refractivity contribution in [2.75, 3.05) is 14.1 Å². The number of rotatable bonds is 6. The van der Waals surface area contributed by atoms with Crippen LogP contribution in [0, 0.1) is 0 Å². The maximum atomic E-state index is 5.07. The van der Waals surface area contributed by atoms with Gasteiger partial charge in [0.15, 0.2) is 0 Å². The average Bonchev–Trinajstić information content (AvgIpc) is 2.84. The average molecular weight is 244 g/mol. The molecule has 0 bridgehead atoms. The molecule has 0 radical (unpaired) electrons. The van der Waals surface area contributed by atoms with Crippen LogP contribution in [-0.4, -0.2) is 19.0 Å². The zero-order valence-electron chi connectivity index (χ0n) is 11.0. The second kappa shape index (κ2) is 6.38. The van der Waals surface area contributed by atoms with Crippen LogP contribution in [0.5, 0.6) is 0 Å². The van der Waals surface area contributed by atoms with Gasteiger partial charge in [-0.05, 0) is 31.3 Å². The molecule has 0 spiro atoms. The first-order valence-corrected chi connectivity index (χ1v) is 6.20. The molecule has 96 valence electrons. The Hall–Kier alpha value is -1.58. The number of furan rings is 1. The maximum absolute atomic E-state index is 5.07. The van der Waals surface area contributed by atoms with Crippen molar-refractivity contribution in [3.05, 3.63) is 59.5 Å². The Morgan fingerprint density at radius 2 is 1.67 bits per heavy atom. The van der Waals surface area contributed by atoms with Gasteiger partial charge >= 0.3 is 0 Å². The van der Waals surface area contributed by atoms with E-state index in [2.05, 4.69) is 41.5 Å². The molecule has 3 heteroatoms. The fourth-order valence-electron chi connectivity index (χ4n) is 2.03. The summed E-state index contributed by atoms with van der Waals surface area (Å²) in [7, 11) is 4.08. The summed E-state index contributed by atoms with van der Waals surface area (Å²) < 4.78 is 5.07. The van der Waals surface area contributed by atoms with Gasteiger partial charge in [-0.1, -0.05) is 24.3 Å². The first-order valence-electron chi connectivity index (χ1n) is 6.20. The standard InChI is InChI=1S/C15H20N2O/c1-16-9-13-3-5-14(6-4-13)10-17(2)11-15-7-8-18-12-15/h3-8,12,16H,9-11H2,1-2H3. The van der Waals surface area contributed by atoms with Crippen molar-refractivity contribution in [3.8, 4) is 0 Å². The lowest BCUT2D eigenvalue weighted by Crippen LogP contribution is -2.16. The largest absolute Gasteiger partial charge is 0.472 e. The molecule has 0 aliphatic carbocycles. The van der Waals surface area contributed by atoms with Gasteiger partial charge in [0.1, 0.15) is 0 Å². The Morgan fingerprint density at radius 1 is 1.00 bits per heavy atom. The summed E-state index contributed by atoms with van der Waals surface area (Å²) in [6.07, 6.45) is 3.52. The van der Waals surface area contributed by atoms with Gasteiger partial charge in [0.2, 0.25) is 0 Å². The topological polar surface area (TPSA) is 28.4 Å². The minimum atomic E-state index is 0.911. The minimum absolute atomic E-state index is 0.911. The van der Waals surface area contributed by atoms with E-state index in [1.54, 1.807) is 12.5 Å². The van der Waals surface area contributed by atoms with Crippen molar-refractivity contribution < 1.29 is 4.42 Å². The molecule has 0 atom stereocenters. The SMILES string of the molecule is CNCc1ccc(CN(C)Cc2ccoc2)cc1. The van der Waals surface area contributed by atoms with E-state index in [1.807, 2.05) is 13.1 Å². The first kappa shape index (κ1) is 12.9. The van der Waals surface area contributed by atoms with Crippen molar-refractivity contribution in [1.82, 2.24) is 10.2 Å². The predicted octanol–water partition coefficient (Wildman–Crippen LogP) is 2.63. The van der Waals surface area contributed by atoms with E-state index in [1.165, 1.54) is 16.7 Å². The van der Waals surface area contributed by atoms with Crippen LogP contribution in [0.4, 0.5) is 0 Å². The summed E-state index contributed by atoms with van der Waals surface area (Å²) >= 11 is 0. The lowest BCUT2D eigenvalue weighted by molar-refractivity contribution is 0.318. The normalized spacial score (nSPS) is 11.1. The number of hydrogen-bond donors (Lipinski definition) is 1. The highest BCUT2D eigenvalue weighted by Gasteiger charge is 2.03. The van der Waals surface area contributed by atoms with E-state index in [4.69, 9.17) is 4.42 Å². The summed E-state index contributed by atoms with van der Waals surface area (Å²) in [5, 5.41) is 3.15. The first-order chi connectivity index (χ1) is 8.78. The van der Waals surface area contributed by atoms with Crippen LogP contribution in [0.1, 0.15) is 16.7 Å². The minimum Gasteiger partial charge on any atom is -0.472 e. The monoisotopic (exact) mass is 244 g/mol. The Labute approximate surface area is 108 Å². The van der Waals surface area contributed by atoms with Gasteiger partial charge in [0, 0.05) is 25.2 Å². The van der Waals surface area contributed by atoms with Gasteiger partial charge in [0.25, 0.3) is 0 Å². The second-order valence-electron chi connectivity index (χ2n) is 4.65. The molecule has 0 fully saturated rings. The Kier molecular flexibility index (Phi) is 4.56. The van der Waals surface area contributed by atoms with Crippen LogP contribution < -0.4 is 5.32 Å². The molecule has 2 rings (SSSR count). The predicted molar refractivity (Wildman–Crippen MR) is 73.1 cm³/mol. The summed E-state index contributed by atoms with van der Waals surface area (Å²) in [5.74, 6) is 0. The summed E-state index contributed by atoms with van der Waals surface area (Å²) in [5.41, 5.74) is 3.86. The zero-order valence-corrected chi connectivity index (χ0v) is 11.0. The number of hydrogen-bond acceptors (Lipinski definition) is 3. The van der Waals surface area contributed by atoms with Crippen LogP contribution in [0.25, 0.3) is 0 Å². The molecule has 3 nitrogen and oxygen atoms in total. The number of nitrogens with zero attached hydrogens (tertiary/aromatic N) is 1. The van der Waals surface area contributed by atoms with Crippen molar-refractivity contribution in [3.63, 3.8) is 0 Å². The van der Waals surface area contributed by atoms with Gasteiger partial charge in [-0.3, -0.25) is 4.90 Å². The second-order valence-corrected chi connectivity index (χ2v) is 4.65. The number of nitrogens with one attached hydrogen (secondary N) is 1. The molecule has 0 amide bonds. The molecular weight excluding hydrogens is 224 g/mol. The summed E-state index contributed by atoms with van der Waals surface area (Å²) in [6.45, 7) is 2.78. The fourth-order valence-corrected chi connectivity index (χ4v) is 2.03. The third-order valence-corrected chi connectivity index (χ3v) is 2.89. The van der Waals surface area contributed by atoms with Crippen molar-refractivity contribution in [2.45, 2.75) is 19.6 Å². The van der Waals surface area contributed by atoms with Gasteiger partial charge in [-0.2, -0.15) is 0 Å². The summed E-state index contributed by atoms with van der Waals surface area (Å²) in [6, 6.07) is 10.7. The molecule has 0 aliphatic heterocycles. The van der Waals surface area contributed by atoms with E-state index >= 15 is 0 Å².